The van der Waals surface area contributed by atoms with Crippen molar-refractivity contribution in [1.82, 2.24) is 14.9 Å². The normalized spacial score (nSPS) is 22.3. The van der Waals surface area contributed by atoms with Crippen LogP contribution in [0.4, 0.5) is 0 Å². The van der Waals surface area contributed by atoms with Crippen LogP contribution in [0.1, 0.15) is 44.8 Å². The van der Waals surface area contributed by atoms with Crippen LogP contribution in [0.3, 0.4) is 0 Å². The van der Waals surface area contributed by atoms with E-state index in [-0.39, 0.29) is 0 Å². The second kappa shape index (κ2) is 5.48. The zero-order valence-electron chi connectivity index (χ0n) is 10.4. The monoisotopic (exact) mass is 221 g/mol. The maximum atomic E-state index is 4.32. The van der Waals surface area contributed by atoms with E-state index in [2.05, 4.69) is 28.7 Å². The smallest absolute Gasteiger partial charge is 0.0950 e. The number of hydrogen-bond donors (Lipinski definition) is 1. The minimum Gasteiger partial charge on any atom is -0.331 e. The van der Waals surface area contributed by atoms with Gasteiger partial charge in [-0.15, -0.1) is 0 Å². The van der Waals surface area contributed by atoms with Crippen molar-refractivity contribution in [1.29, 1.82) is 0 Å². The summed E-state index contributed by atoms with van der Waals surface area (Å²) in [7, 11) is 0. The zero-order valence-corrected chi connectivity index (χ0v) is 10.4. The lowest BCUT2D eigenvalue weighted by molar-refractivity contribution is 0.433. The average molecular weight is 221 g/mol. The second-order valence-electron chi connectivity index (χ2n) is 5.22. The summed E-state index contributed by atoms with van der Waals surface area (Å²) < 4.78 is 2.41. The lowest BCUT2D eigenvalue weighted by Gasteiger charge is -2.19. The number of imidazole rings is 1. The van der Waals surface area contributed by atoms with Gasteiger partial charge in [0.15, 0.2) is 0 Å². The van der Waals surface area contributed by atoms with E-state index in [1.807, 2.05) is 12.5 Å². The first-order valence-electron chi connectivity index (χ1n) is 6.49. The van der Waals surface area contributed by atoms with Crippen LogP contribution < -0.4 is 5.32 Å². The molecule has 3 heteroatoms. The van der Waals surface area contributed by atoms with Crippen LogP contribution in [0.25, 0.3) is 0 Å². The summed E-state index contributed by atoms with van der Waals surface area (Å²) in [5, 5.41) is 3.47. The van der Waals surface area contributed by atoms with E-state index < -0.39 is 0 Å². The Hall–Kier alpha value is -0.830. The molecule has 2 heterocycles. The summed E-state index contributed by atoms with van der Waals surface area (Å²) in [6.07, 6.45) is 9.01. The Kier molecular flexibility index (Phi) is 3.99. The predicted molar refractivity (Wildman–Crippen MR) is 66.5 cm³/mol. The molecule has 1 aromatic heterocycles. The Morgan fingerprint density at radius 1 is 1.44 bits per heavy atom. The van der Waals surface area contributed by atoms with Crippen LogP contribution in [0.2, 0.25) is 0 Å². The number of nitrogens with one attached hydrogen (secondary N) is 1. The van der Waals surface area contributed by atoms with Crippen LogP contribution >= 0.6 is 0 Å². The molecule has 1 aliphatic heterocycles. The van der Waals surface area contributed by atoms with Crippen molar-refractivity contribution in [2.45, 2.75) is 45.6 Å². The molecule has 1 atom stereocenters. The number of nitrogens with zero attached hydrogens (tertiary/aromatic N) is 2. The third kappa shape index (κ3) is 2.85. The highest BCUT2D eigenvalue weighted by Crippen LogP contribution is 2.22. The zero-order chi connectivity index (χ0) is 11.4. The van der Waals surface area contributed by atoms with Gasteiger partial charge in [0.05, 0.1) is 6.33 Å². The summed E-state index contributed by atoms with van der Waals surface area (Å²) in [5.41, 5.74) is 1.40. The molecule has 1 saturated heterocycles. The fraction of sp³-hybridized carbons (Fsp3) is 0.769. The van der Waals surface area contributed by atoms with Crippen LogP contribution in [-0.2, 0) is 6.42 Å². The van der Waals surface area contributed by atoms with Crippen molar-refractivity contribution < 1.29 is 0 Å². The van der Waals surface area contributed by atoms with Gasteiger partial charge in [0, 0.05) is 17.9 Å². The molecule has 1 aromatic rings. The Morgan fingerprint density at radius 2 is 2.31 bits per heavy atom. The highest BCUT2D eigenvalue weighted by molar-refractivity contribution is 5.01. The van der Waals surface area contributed by atoms with Crippen LogP contribution in [0, 0.1) is 5.92 Å². The molecule has 0 aliphatic carbocycles. The topological polar surface area (TPSA) is 29.9 Å². The number of rotatable bonds is 3. The van der Waals surface area contributed by atoms with Crippen LogP contribution in [0.5, 0.6) is 0 Å². The molecule has 0 spiro atoms. The summed E-state index contributed by atoms with van der Waals surface area (Å²) in [5.74, 6) is 0.708. The summed E-state index contributed by atoms with van der Waals surface area (Å²) in [6.45, 7) is 6.85. The largest absolute Gasteiger partial charge is 0.331 e. The molecular formula is C13H23N3. The molecule has 1 N–H and O–H groups in total. The third-order valence-corrected chi connectivity index (χ3v) is 3.30. The van der Waals surface area contributed by atoms with Gasteiger partial charge in [0.1, 0.15) is 0 Å². The maximum absolute atomic E-state index is 4.32. The first-order chi connectivity index (χ1) is 7.77. The van der Waals surface area contributed by atoms with E-state index in [4.69, 9.17) is 0 Å². The van der Waals surface area contributed by atoms with Gasteiger partial charge in [0.2, 0.25) is 0 Å². The highest BCUT2D eigenvalue weighted by atomic mass is 15.1. The van der Waals surface area contributed by atoms with E-state index in [9.17, 15) is 0 Å². The molecule has 0 amide bonds. The van der Waals surface area contributed by atoms with Gasteiger partial charge in [0.25, 0.3) is 0 Å². The molecule has 1 unspecified atom stereocenters. The fourth-order valence-corrected chi connectivity index (χ4v) is 2.52. The lowest BCUT2D eigenvalue weighted by atomic mass is 10.1. The Balaban J connectivity index is 2.09. The van der Waals surface area contributed by atoms with Crippen molar-refractivity contribution in [2.24, 2.45) is 5.92 Å². The summed E-state index contributed by atoms with van der Waals surface area (Å²) >= 11 is 0. The van der Waals surface area contributed by atoms with Crippen molar-refractivity contribution in [3.63, 3.8) is 0 Å². The predicted octanol–water partition coefficient (Wildman–Crippen LogP) is 2.40. The maximum Gasteiger partial charge on any atom is 0.0950 e. The minimum atomic E-state index is 0.659. The van der Waals surface area contributed by atoms with E-state index in [1.54, 1.807) is 0 Å². The van der Waals surface area contributed by atoms with Crippen molar-refractivity contribution in [3.8, 4) is 0 Å². The molecule has 90 valence electrons. The molecule has 0 saturated carbocycles. The van der Waals surface area contributed by atoms with Crippen molar-refractivity contribution >= 4 is 0 Å². The Bertz CT molecular complexity index is 309. The molecule has 0 aromatic carbocycles. The van der Waals surface area contributed by atoms with E-state index in [0.29, 0.717) is 12.0 Å². The Morgan fingerprint density at radius 3 is 3.12 bits per heavy atom. The summed E-state index contributed by atoms with van der Waals surface area (Å²) in [6, 6.07) is 0.659. The molecular weight excluding hydrogens is 198 g/mol. The third-order valence-electron chi connectivity index (χ3n) is 3.30. The van der Waals surface area contributed by atoms with Gasteiger partial charge >= 0.3 is 0 Å². The second-order valence-corrected chi connectivity index (χ2v) is 5.22. The van der Waals surface area contributed by atoms with Crippen molar-refractivity contribution in [3.05, 3.63) is 18.2 Å². The van der Waals surface area contributed by atoms with Gasteiger partial charge in [-0.2, -0.15) is 0 Å². The fourth-order valence-electron chi connectivity index (χ4n) is 2.52. The molecule has 1 fully saturated rings. The number of hydrogen-bond acceptors (Lipinski definition) is 2. The standard InChI is InChI=1S/C13H23N3/c1-11(2)8-13-9-15-10-16(13)12-4-3-6-14-7-5-12/h9-12,14H,3-8H2,1-2H3. The minimum absolute atomic E-state index is 0.659. The molecule has 1 aliphatic rings. The van der Waals surface area contributed by atoms with Crippen molar-refractivity contribution in [2.75, 3.05) is 13.1 Å². The molecule has 0 bridgehead atoms. The molecule has 2 rings (SSSR count). The van der Waals surface area contributed by atoms with E-state index in [0.717, 1.165) is 13.0 Å². The SMILES string of the molecule is CC(C)Cc1cncn1C1CCCNCC1. The van der Waals surface area contributed by atoms with E-state index >= 15 is 0 Å². The van der Waals surface area contributed by atoms with Gasteiger partial charge < -0.3 is 9.88 Å². The van der Waals surface area contributed by atoms with Crippen LogP contribution in [-0.4, -0.2) is 22.6 Å². The van der Waals surface area contributed by atoms with E-state index in [1.165, 1.54) is 31.5 Å². The first-order valence-corrected chi connectivity index (χ1v) is 6.49. The average Bonchev–Trinajstić information content (AvgIpc) is 2.53. The summed E-state index contributed by atoms with van der Waals surface area (Å²) in [4.78, 5) is 4.32. The highest BCUT2D eigenvalue weighted by Gasteiger charge is 2.16. The number of aromatic nitrogens is 2. The quantitative estimate of drug-likeness (QED) is 0.849. The Labute approximate surface area is 98.3 Å². The van der Waals surface area contributed by atoms with Gasteiger partial charge in [-0.25, -0.2) is 4.98 Å². The van der Waals surface area contributed by atoms with Gasteiger partial charge in [-0.3, -0.25) is 0 Å². The molecule has 16 heavy (non-hydrogen) atoms. The first kappa shape index (κ1) is 11.6. The molecule has 3 nitrogen and oxygen atoms in total. The lowest BCUT2D eigenvalue weighted by Crippen LogP contribution is -2.16. The van der Waals surface area contributed by atoms with Gasteiger partial charge in [-0.05, 0) is 44.7 Å². The van der Waals surface area contributed by atoms with Crippen LogP contribution in [0.15, 0.2) is 12.5 Å². The van der Waals surface area contributed by atoms with Gasteiger partial charge in [-0.1, -0.05) is 13.8 Å². The molecule has 0 radical (unpaired) electrons.